The van der Waals surface area contributed by atoms with Crippen LogP contribution in [0.4, 0.5) is 5.82 Å². The van der Waals surface area contributed by atoms with Gasteiger partial charge in [0, 0.05) is 45.5 Å². The van der Waals surface area contributed by atoms with E-state index in [0.717, 1.165) is 35.3 Å². The Bertz CT molecular complexity index is 691. The van der Waals surface area contributed by atoms with Gasteiger partial charge in [0.25, 0.3) is 0 Å². The highest BCUT2D eigenvalue weighted by molar-refractivity contribution is 14.0. The van der Waals surface area contributed by atoms with Gasteiger partial charge in [-0.2, -0.15) is 0 Å². The van der Waals surface area contributed by atoms with E-state index in [2.05, 4.69) is 32.7 Å². The number of guanidine groups is 1. The molecule has 0 unspecified atom stereocenters. The summed E-state index contributed by atoms with van der Waals surface area (Å²) in [5.74, 6) is 1.72. The van der Waals surface area contributed by atoms with Crippen LogP contribution in [0.3, 0.4) is 0 Å². The first-order chi connectivity index (χ1) is 11.6. The fourth-order valence-corrected chi connectivity index (χ4v) is 2.45. The van der Waals surface area contributed by atoms with Gasteiger partial charge in [-0.1, -0.05) is 23.7 Å². The molecule has 7 heteroatoms. The van der Waals surface area contributed by atoms with Gasteiger partial charge < -0.3 is 15.5 Å². The van der Waals surface area contributed by atoms with Crippen molar-refractivity contribution in [2.45, 2.75) is 13.0 Å². The molecule has 2 aromatic rings. The summed E-state index contributed by atoms with van der Waals surface area (Å²) in [6.07, 6.45) is 2.71. The van der Waals surface area contributed by atoms with Gasteiger partial charge in [0.15, 0.2) is 5.96 Å². The van der Waals surface area contributed by atoms with E-state index in [-0.39, 0.29) is 24.0 Å². The van der Waals surface area contributed by atoms with Crippen LogP contribution in [0.15, 0.2) is 47.6 Å². The van der Waals surface area contributed by atoms with Crippen molar-refractivity contribution in [1.82, 2.24) is 15.6 Å². The first kappa shape index (κ1) is 21.5. The topological polar surface area (TPSA) is 52.6 Å². The maximum Gasteiger partial charge on any atom is 0.191 e. The van der Waals surface area contributed by atoms with Crippen LogP contribution in [0.5, 0.6) is 0 Å². The number of rotatable bonds is 6. The number of pyridine rings is 1. The Hall–Kier alpha value is -1.54. The fourth-order valence-electron chi connectivity index (χ4n) is 2.24. The lowest BCUT2D eigenvalue weighted by molar-refractivity contribution is 0.793. The highest BCUT2D eigenvalue weighted by Gasteiger charge is 2.02. The molecule has 0 aliphatic rings. The van der Waals surface area contributed by atoms with E-state index >= 15 is 0 Å². The summed E-state index contributed by atoms with van der Waals surface area (Å²) in [7, 11) is 5.73. The van der Waals surface area contributed by atoms with Gasteiger partial charge in [-0.25, -0.2) is 4.98 Å². The molecule has 2 N–H and O–H groups in total. The van der Waals surface area contributed by atoms with Crippen molar-refractivity contribution in [2.24, 2.45) is 4.99 Å². The molecule has 0 spiro atoms. The molecule has 0 aliphatic heterocycles. The summed E-state index contributed by atoms with van der Waals surface area (Å²) in [5.41, 5.74) is 2.36. The summed E-state index contributed by atoms with van der Waals surface area (Å²) in [5, 5.41) is 7.40. The monoisotopic (exact) mass is 473 g/mol. The van der Waals surface area contributed by atoms with Crippen LogP contribution in [-0.2, 0) is 13.0 Å². The molecule has 25 heavy (non-hydrogen) atoms. The predicted octanol–water partition coefficient (Wildman–Crippen LogP) is 3.33. The first-order valence-corrected chi connectivity index (χ1v) is 8.27. The quantitative estimate of drug-likeness (QED) is 0.384. The van der Waals surface area contributed by atoms with Gasteiger partial charge in [-0.15, -0.1) is 24.0 Å². The number of anilines is 1. The minimum atomic E-state index is 0. The lowest BCUT2D eigenvalue weighted by Crippen LogP contribution is -2.37. The van der Waals surface area contributed by atoms with Gasteiger partial charge in [0.05, 0.1) is 0 Å². The number of benzene rings is 1. The molecule has 0 aliphatic carbocycles. The third-order valence-corrected chi connectivity index (χ3v) is 3.78. The SMILES string of the molecule is CN=C(NCCc1cccc(Cl)c1)NCc1ccnc(N(C)C)c1.I. The lowest BCUT2D eigenvalue weighted by atomic mass is 10.1. The van der Waals surface area contributed by atoms with Crippen LogP contribution >= 0.6 is 35.6 Å². The second-order valence-corrected chi connectivity index (χ2v) is 6.09. The Morgan fingerprint density at radius 2 is 1.96 bits per heavy atom. The van der Waals surface area contributed by atoms with Crippen LogP contribution in [0.2, 0.25) is 5.02 Å². The zero-order valence-corrected chi connectivity index (χ0v) is 17.9. The van der Waals surface area contributed by atoms with Gasteiger partial charge >= 0.3 is 0 Å². The Balaban J connectivity index is 0.00000312. The van der Waals surface area contributed by atoms with Crippen LogP contribution in [0.1, 0.15) is 11.1 Å². The molecule has 1 aromatic heterocycles. The second-order valence-electron chi connectivity index (χ2n) is 5.65. The molecule has 0 saturated heterocycles. The highest BCUT2D eigenvalue weighted by Crippen LogP contribution is 2.11. The van der Waals surface area contributed by atoms with E-state index in [0.29, 0.717) is 6.54 Å². The average molecular weight is 474 g/mol. The number of aromatic nitrogens is 1. The van der Waals surface area contributed by atoms with Crippen molar-refractivity contribution >= 4 is 47.4 Å². The molecule has 0 amide bonds. The standard InChI is InChI=1S/C18H24ClN5.HI/c1-20-18(22-10-7-14-5-4-6-16(19)11-14)23-13-15-8-9-21-17(12-15)24(2)3;/h4-6,8-9,11-12H,7,10,13H2,1-3H3,(H2,20,22,23);1H. The number of aliphatic imine (C=N–C) groups is 1. The minimum Gasteiger partial charge on any atom is -0.363 e. The fraction of sp³-hybridized carbons (Fsp3) is 0.333. The van der Waals surface area contributed by atoms with Crippen molar-refractivity contribution in [3.63, 3.8) is 0 Å². The number of halogens is 2. The first-order valence-electron chi connectivity index (χ1n) is 7.89. The van der Waals surface area contributed by atoms with Crippen molar-refractivity contribution < 1.29 is 0 Å². The van der Waals surface area contributed by atoms with E-state index in [1.807, 2.05) is 49.5 Å². The molecule has 0 saturated carbocycles. The maximum absolute atomic E-state index is 6.00. The van der Waals surface area contributed by atoms with Crippen LogP contribution in [0.25, 0.3) is 0 Å². The van der Waals surface area contributed by atoms with Crippen molar-refractivity contribution in [3.8, 4) is 0 Å². The summed E-state index contributed by atoms with van der Waals surface area (Å²) < 4.78 is 0. The Morgan fingerprint density at radius 3 is 2.64 bits per heavy atom. The summed E-state index contributed by atoms with van der Waals surface area (Å²) in [6.45, 7) is 1.49. The Kier molecular flexibility index (Phi) is 9.59. The maximum atomic E-state index is 6.00. The predicted molar refractivity (Wildman–Crippen MR) is 117 cm³/mol. The smallest absolute Gasteiger partial charge is 0.191 e. The van der Waals surface area contributed by atoms with E-state index in [1.54, 1.807) is 7.05 Å². The van der Waals surface area contributed by atoms with E-state index in [4.69, 9.17) is 11.6 Å². The second kappa shape index (κ2) is 11.1. The van der Waals surface area contributed by atoms with Gasteiger partial charge in [-0.3, -0.25) is 4.99 Å². The van der Waals surface area contributed by atoms with Crippen molar-refractivity contribution in [1.29, 1.82) is 0 Å². The molecular formula is C18H25ClIN5. The number of hydrogen-bond donors (Lipinski definition) is 2. The van der Waals surface area contributed by atoms with Gasteiger partial charge in [0.2, 0.25) is 0 Å². The van der Waals surface area contributed by atoms with E-state index < -0.39 is 0 Å². The summed E-state index contributed by atoms with van der Waals surface area (Å²) in [6, 6.07) is 12.0. The molecule has 0 atom stereocenters. The summed E-state index contributed by atoms with van der Waals surface area (Å²) >= 11 is 6.00. The molecule has 136 valence electrons. The molecule has 1 aromatic carbocycles. The third kappa shape index (κ3) is 7.48. The zero-order valence-electron chi connectivity index (χ0n) is 14.8. The molecule has 0 fully saturated rings. The molecule has 5 nitrogen and oxygen atoms in total. The van der Waals surface area contributed by atoms with E-state index in [1.165, 1.54) is 5.56 Å². The van der Waals surface area contributed by atoms with Crippen LogP contribution in [-0.4, -0.2) is 38.6 Å². The van der Waals surface area contributed by atoms with Crippen molar-refractivity contribution in [3.05, 3.63) is 58.7 Å². The van der Waals surface area contributed by atoms with Crippen LogP contribution < -0.4 is 15.5 Å². The number of nitrogens with one attached hydrogen (secondary N) is 2. The van der Waals surface area contributed by atoms with E-state index in [9.17, 15) is 0 Å². The Labute approximate surface area is 171 Å². The largest absolute Gasteiger partial charge is 0.363 e. The number of hydrogen-bond acceptors (Lipinski definition) is 3. The molecule has 2 rings (SSSR count). The molecule has 0 radical (unpaired) electrons. The Morgan fingerprint density at radius 1 is 1.16 bits per heavy atom. The van der Waals surface area contributed by atoms with Crippen molar-refractivity contribution in [2.75, 3.05) is 32.6 Å². The minimum absolute atomic E-state index is 0. The molecular weight excluding hydrogens is 449 g/mol. The average Bonchev–Trinajstić information content (AvgIpc) is 2.58. The third-order valence-electron chi connectivity index (χ3n) is 3.55. The number of nitrogens with zero attached hydrogens (tertiary/aromatic N) is 3. The van der Waals surface area contributed by atoms with Gasteiger partial charge in [0.1, 0.15) is 5.82 Å². The molecule has 1 heterocycles. The van der Waals surface area contributed by atoms with Gasteiger partial charge in [-0.05, 0) is 41.8 Å². The molecule has 0 bridgehead atoms. The van der Waals surface area contributed by atoms with Crippen LogP contribution in [0, 0.1) is 0 Å². The lowest BCUT2D eigenvalue weighted by Gasteiger charge is -2.14. The zero-order chi connectivity index (χ0) is 17.4. The normalized spacial score (nSPS) is 10.8. The highest BCUT2D eigenvalue weighted by atomic mass is 127. The summed E-state index contributed by atoms with van der Waals surface area (Å²) in [4.78, 5) is 10.6.